The number of thiazole rings is 1. The fourth-order valence-corrected chi connectivity index (χ4v) is 4.15. The summed E-state index contributed by atoms with van der Waals surface area (Å²) in [6.45, 7) is 10.7. The highest BCUT2D eigenvalue weighted by atomic mass is 35.5. The summed E-state index contributed by atoms with van der Waals surface area (Å²) in [5.74, 6) is 0.116. The number of amides is 1. The molecule has 1 aromatic carbocycles. The molecule has 24 heavy (non-hydrogen) atoms. The van der Waals surface area contributed by atoms with Gasteiger partial charge in [0.2, 0.25) is 0 Å². The molecule has 2 aromatic rings. The fraction of sp³-hybridized carbons (Fsp3) is 0.444. The molecule has 1 fully saturated rings. The van der Waals surface area contributed by atoms with Crippen molar-refractivity contribution in [1.29, 1.82) is 0 Å². The number of piperazine rings is 1. The number of nitrogens with one attached hydrogen (secondary N) is 1. The molecule has 3 rings (SSSR count). The first-order valence-corrected chi connectivity index (χ1v) is 8.85. The number of hydrogen-bond acceptors (Lipinski definition) is 4. The maximum absolute atomic E-state index is 12.9. The molecule has 6 heteroatoms. The molecule has 1 aliphatic heterocycles. The molecule has 0 bridgehead atoms. The van der Waals surface area contributed by atoms with Gasteiger partial charge in [-0.25, -0.2) is 4.98 Å². The second-order valence-corrected chi connectivity index (χ2v) is 7.30. The van der Waals surface area contributed by atoms with E-state index in [1.165, 1.54) is 22.5 Å². The standard InChI is InChI=1S/C18H23N3OS.ClH/c1-11-5-6-15(12(2)9-11)17-20-14(4)16(23-17)18(22)21-8-7-19-10-13(21)3;/h5-6,9,13,19H,7-8,10H2,1-4H3;1H/t13-;/m0./s1. The molecule has 4 nitrogen and oxygen atoms in total. The third kappa shape index (κ3) is 3.63. The largest absolute Gasteiger partial charge is 0.333 e. The van der Waals surface area contributed by atoms with Crippen molar-refractivity contribution in [2.75, 3.05) is 19.6 Å². The van der Waals surface area contributed by atoms with Gasteiger partial charge in [-0.15, -0.1) is 23.7 Å². The lowest BCUT2D eigenvalue weighted by Gasteiger charge is -2.33. The topological polar surface area (TPSA) is 45.2 Å². The highest BCUT2D eigenvalue weighted by Crippen LogP contribution is 2.31. The Morgan fingerprint density at radius 2 is 2.08 bits per heavy atom. The maximum Gasteiger partial charge on any atom is 0.266 e. The van der Waals surface area contributed by atoms with Gasteiger partial charge in [0.25, 0.3) is 5.91 Å². The summed E-state index contributed by atoms with van der Waals surface area (Å²) in [6.07, 6.45) is 0. The number of rotatable bonds is 2. The molecular weight excluding hydrogens is 342 g/mol. The van der Waals surface area contributed by atoms with E-state index in [4.69, 9.17) is 0 Å². The van der Waals surface area contributed by atoms with Gasteiger partial charge >= 0.3 is 0 Å². The van der Waals surface area contributed by atoms with E-state index >= 15 is 0 Å². The zero-order chi connectivity index (χ0) is 16.6. The van der Waals surface area contributed by atoms with E-state index in [-0.39, 0.29) is 24.4 Å². The van der Waals surface area contributed by atoms with Crippen molar-refractivity contribution in [3.05, 3.63) is 39.9 Å². The number of benzene rings is 1. The van der Waals surface area contributed by atoms with Gasteiger partial charge in [-0.3, -0.25) is 4.79 Å². The van der Waals surface area contributed by atoms with Crippen molar-refractivity contribution in [1.82, 2.24) is 15.2 Å². The van der Waals surface area contributed by atoms with E-state index in [1.54, 1.807) is 0 Å². The van der Waals surface area contributed by atoms with E-state index in [0.717, 1.165) is 40.8 Å². The van der Waals surface area contributed by atoms with Gasteiger partial charge in [-0.1, -0.05) is 23.8 Å². The molecule has 1 atom stereocenters. The minimum atomic E-state index is 0. The van der Waals surface area contributed by atoms with Crippen LogP contribution in [0.4, 0.5) is 0 Å². The smallest absolute Gasteiger partial charge is 0.266 e. The minimum absolute atomic E-state index is 0. The third-order valence-electron chi connectivity index (χ3n) is 4.37. The summed E-state index contributed by atoms with van der Waals surface area (Å²) < 4.78 is 0. The van der Waals surface area contributed by atoms with E-state index < -0.39 is 0 Å². The van der Waals surface area contributed by atoms with Gasteiger partial charge in [0.15, 0.2) is 0 Å². The molecular formula is C18H24ClN3OS. The molecule has 0 radical (unpaired) electrons. The van der Waals surface area contributed by atoms with Crippen LogP contribution in [0.1, 0.15) is 33.4 Å². The average Bonchev–Trinajstić information content (AvgIpc) is 2.88. The zero-order valence-electron chi connectivity index (χ0n) is 14.5. The number of carbonyl (C=O) groups excluding carboxylic acids is 1. The minimum Gasteiger partial charge on any atom is -0.333 e. The number of nitrogens with zero attached hydrogens (tertiary/aromatic N) is 2. The molecule has 1 amide bonds. The van der Waals surface area contributed by atoms with Crippen LogP contribution in [0.15, 0.2) is 18.2 Å². The first-order chi connectivity index (χ1) is 11.0. The SMILES string of the molecule is Cc1ccc(-c2nc(C)c(C(=O)N3CCNC[C@@H]3C)s2)c(C)c1.Cl. The lowest BCUT2D eigenvalue weighted by atomic mass is 10.1. The van der Waals surface area contributed by atoms with E-state index in [1.807, 2.05) is 11.8 Å². The van der Waals surface area contributed by atoms with Crippen LogP contribution in [0, 0.1) is 20.8 Å². The van der Waals surface area contributed by atoms with Crippen LogP contribution in [0.25, 0.3) is 10.6 Å². The Balaban J connectivity index is 0.00000208. The molecule has 1 aromatic heterocycles. The quantitative estimate of drug-likeness (QED) is 0.884. The van der Waals surface area contributed by atoms with Gasteiger partial charge in [0, 0.05) is 31.2 Å². The van der Waals surface area contributed by atoms with Crippen LogP contribution < -0.4 is 5.32 Å². The Morgan fingerprint density at radius 3 is 2.75 bits per heavy atom. The number of carbonyl (C=O) groups is 1. The summed E-state index contributed by atoms with van der Waals surface area (Å²) >= 11 is 1.51. The van der Waals surface area contributed by atoms with Crippen molar-refractivity contribution in [2.24, 2.45) is 0 Å². The first-order valence-electron chi connectivity index (χ1n) is 8.04. The molecule has 0 spiro atoms. The molecule has 0 aliphatic carbocycles. The average molecular weight is 366 g/mol. The highest BCUT2D eigenvalue weighted by Gasteiger charge is 2.27. The van der Waals surface area contributed by atoms with Crippen molar-refractivity contribution in [3.63, 3.8) is 0 Å². The van der Waals surface area contributed by atoms with Gasteiger partial charge in [-0.2, -0.15) is 0 Å². The molecule has 1 aliphatic rings. The van der Waals surface area contributed by atoms with Crippen LogP contribution in [0.5, 0.6) is 0 Å². The van der Waals surface area contributed by atoms with Gasteiger partial charge < -0.3 is 10.2 Å². The Labute approximate surface area is 153 Å². The molecule has 1 N–H and O–H groups in total. The van der Waals surface area contributed by atoms with Crippen LogP contribution in [0.3, 0.4) is 0 Å². The van der Waals surface area contributed by atoms with Crippen LogP contribution in [-0.4, -0.2) is 41.5 Å². The Kier molecular flexibility index (Phi) is 6.01. The summed E-state index contributed by atoms with van der Waals surface area (Å²) in [7, 11) is 0. The van der Waals surface area contributed by atoms with E-state index in [0.29, 0.717) is 0 Å². The summed E-state index contributed by atoms with van der Waals surface area (Å²) in [5, 5.41) is 4.26. The lowest BCUT2D eigenvalue weighted by Crippen LogP contribution is -2.52. The first kappa shape index (κ1) is 18.9. The van der Waals surface area contributed by atoms with Crippen molar-refractivity contribution in [2.45, 2.75) is 33.7 Å². The monoisotopic (exact) mass is 365 g/mol. The molecule has 1 saturated heterocycles. The Hall–Kier alpha value is -1.43. The zero-order valence-corrected chi connectivity index (χ0v) is 16.2. The predicted molar refractivity (Wildman–Crippen MR) is 102 cm³/mol. The fourth-order valence-electron chi connectivity index (χ4n) is 3.04. The van der Waals surface area contributed by atoms with Gasteiger partial charge in [-0.05, 0) is 33.3 Å². The molecule has 2 heterocycles. The molecule has 0 saturated carbocycles. The second kappa shape index (κ2) is 7.64. The number of aryl methyl sites for hydroxylation is 3. The highest BCUT2D eigenvalue weighted by molar-refractivity contribution is 7.17. The summed E-state index contributed by atoms with van der Waals surface area (Å²) in [4.78, 5) is 20.3. The van der Waals surface area contributed by atoms with Crippen LogP contribution in [-0.2, 0) is 0 Å². The van der Waals surface area contributed by atoms with Crippen LogP contribution >= 0.6 is 23.7 Å². The van der Waals surface area contributed by atoms with Gasteiger partial charge in [0.1, 0.15) is 9.88 Å². The predicted octanol–water partition coefficient (Wildman–Crippen LogP) is 3.59. The Morgan fingerprint density at radius 1 is 1.33 bits per heavy atom. The number of aromatic nitrogens is 1. The molecule has 130 valence electrons. The second-order valence-electron chi connectivity index (χ2n) is 6.30. The number of halogens is 1. The third-order valence-corrected chi connectivity index (χ3v) is 5.54. The lowest BCUT2D eigenvalue weighted by molar-refractivity contribution is 0.0660. The van der Waals surface area contributed by atoms with Gasteiger partial charge in [0.05, 0.1) is 5.69 Å². The number of hydrogen-bond donors (Lipinski definition) is 1. The van der Waals surface area contributed by atoms with E-state index in [2.05, 4.69) is 49.3 Å². The summed E-state index contributed by atoms with van der Waals surface area (Å²) in [6, 6.07) is 6.58. The Bertz CT molecular complexity index is 744. The van der Waals surface area contributed by atoms with Crippen molar-refractivity contribution >= 4 is 29.7 Å². The normalized spacial score (nSPS) is 17.5. The van der Waals surface area contributed by atoms with Crippen molar-refractivity contribution in [3.8, 4) is 10.6 Å². The maximum atomic E-state index is 12.9. The molecule has 0 unspecified atom stereocenters. The van der Waals surface area contributed by atoms with E-state index in [9.17, 15) is 4.79 Å². The van der Waals surface area contributed by atoms with Crippen molar-refractivity contribution < 1.29 is 4.79 Å². The summed E-state index contributed by atoms with van der Waals surface area (Å²) in [5.41, 5.74) is 4.40. The van der Waals surface area contributed by atoms with Crippen LogP contribution in [0.2, 0.25) is 0 Å².